The number of amides is 1. The third kappa shape index (κ3) is 2.70. The lowest BCUT2D eigenvalue weighted by atomic mass is 9.79. The summed E-state index contributed by atoms with van der Waals surface area (Å²) in [6.07, 6.45) is 10.3. The molecule has 7 atom stereocenters. The van der Waals surface area contributed by atoms with Gasteiger partial charge >= 0.3 is 0 Å². The maximum absolute atomic E-state index is 12.5. The van der Waals surface area contributed by atoms with Crippen LogP contribution in [-0.4, -0.2) is 25.0 Å². The van der Waals surface area contributed by atoms with Crippen molar-refractivity contribution in [2.45, 2.75) is 64.3 Å². The quantitative estimate of drug-likeness (QED) is 0.838. The van der Waals surface area contributed by atoms with Crippen LogP contribution in [0, 0.1) is 35.5 Å². The van der Waals surface area contributed by atoms with Crippen molar-refractivity contribution < 1.29 is 4.79 Å². The summed E-state index contributed by atoms with van der Waals surface area (Å²) in [5.74, 6) is 5.25. The molecule has 1 heterocycles. The Kier molecular flexibility index (Phi) is 4.19. The molecule has 2 N–H and O–H groups in total. The van der Waals surface area contributed by atoms with E-state index in [2.05, 4.69) is 17.6 Å². The van der Waals surface area contributed by atoms with Gasteiger partial charge in [-0.05, 0) is 87.1 Å². The number of nitrogens with one attached hydrogen (secondary N) is 2. The second-order valence-corrected chi connectivity index (χ2v) is 8.62. The van der Waals surface area contributed by atoms with Gasteiger partial charge in [0.05, 0.1) is 0 Å². The molecule has 3 heteroatoms. The third-order valence-corrected chi connectivity index (χ3v) is 7.42. The minimum Gasteiger partial charge on any atom is -0.353 e. The third-order valence-electron chi connectivity index (χ3n) is 7.42. The summed E-state index contributed by atoms with van der Waals surface area (Å²) in [7, 11) is 0. The average Bonchev–Trinajstić information content (AvgIpc) is 3.20. The fourth-order valence-electron chi connectivity index (χ4n) is 6.32. The van der Waals surface area contributed by atoms with Crippen LogP contribution in [0.25, 0.3) is 0 Å². The zero-order valence-corrected chi connectivity index (χ0v) is 14.0. The van der Waals surface area contributed by atoms with Gasteiger partial charge in [-0.1, -0.05) is 13.3 Å². The SMILES string of the molecule is CC(CC(=O)NC1CC2CC1C1CCCC21)C1CCCNC1. The highest BCUT2D eigenvalue weighted by molar-refractivity contribution is 5.76. The van der Waals surface area contributed by atoms with Crippen LogP contribution in [0.4, 0.5) is 0 Å². The number of fused-ring (bicyclic) bond motifs is 5. The van der Waals surface area contributed by atoms with Crippen molar-refractivity contribution >= 4 is 5.91 Å². The van der Waals surface area contributed by atoms with Gasteiger partial charge in [-0.25, -0.2) is 0 Å². The highest BCUT2D eigenvalue weighted by Crippen LogP contribution is 2.58. The number of carbonyl (C=O) groups excluding carboxylic acids is 1. The van der Waals surface area contributed by atoms with E-state index in [1.165, 1.54) is 44.9 Å². The van der Waals surface area contributed by atoms with Gasteiger partial charge in [-0.3, -0.25) is 4.79 Å². The lowest BCUT2D eigenvalue weighted by Gasteiger charge is -2.33. The lowest BCUT2D eigenvalue weighted by Crippen LogP contribution is -2.43. The number of hydrogen-bond donors (Lipinski definition) is 2. The Labute approximate surface area is 135 Å². The summed E-state index contributed by atoms with van der Waals surface area (Å²) in [5, 5.41) is 6.91. The van der Waals surface area contributed by atoms with Gasteiger partial charge in [0.2, 0.25) is 5.91 Å². The van der Waals surface area contributed by atoms with Crippen molar-refractivity contribution in [3.63, 3.8) is 0 Å². The molecular formula is C19H32N2O. The highest BCUT2D eigenvalue weighted by atomic mass is 16.1. The number of hydrogen-bond acceptors (Lipinski definition) is 2. The average molecular weight is 304 g/mol. The van der Waals surface area contributed by atoms with E-state index in [9.17, 15) is 4.79 Å². The molecule has 4 fully saturated rings. The van der Waals surface area contributed by atoms with Gasteiger partial charge in [0.15, 0.2) is 0 Å². The lowest BCUT2D eigenvalue weighted by molar-refractivity contribution is -0.123. The molecule has 22 heavy (non-hydrogen) atoms. The van der Waals surface area contributed by atoms with Crippen LogP contribution < -0.4 is 10.6 Å². The Morgan fingerprint density at radius 3 is 2.82 bits per heavy atom. The fourth-order valence-corrected chi connectivity index (χ4v) is 6.32. The van der Waals surface area contributed by atoms with Crippen LogP contribution in [0.1, 0.15) is 58.3 Å². The van der Waals surface area contributed by atoms with Crippen molar-refractivity contribution in [3.8, 4) is 0 Å². The molecule has 7 unspecified atom stereocenters. The number of rotatable bonds is 4. The number of carbonyl (C=O) groups is 1. The van der Waals surface area contributed by atoms with Crippen molar-refractivity contribution in [2.75, 3.05) is 13.1 Å². The monoisotopic (exact) mass is 304 g/mol. The molecule has 0 spiro atoms. The van der Waals surface area contributed by atoms with E-state index >= 15 is 0 Å². The molecule has 0 radical (unpaired) electrons. The summed E-state index contributed by atoms with van der Waals surface area (Å²) in [4.78, 5) is 12.5. The summed E-state index contributed by atoms with van der Waals surface area (Å²) < 4.78 is 0. The summed E-state index contributed by atoms with van der Waals surface area (Å²) in [6, 6.07) is 0.508. The van der Waals surface area contributed by atoms with Gasteiger partial charge in [0.1, 0.15) is 0 Å². The standard InChI is InChI=1S/C19H32N2O/c1-12(13-4-3-7-20-11-13)8-19(22)21-18-10-14-9-17(18)16-6-2-5-15(14)16/h12-18,20H,2-11H2,1H3,(H,21,22). The molecule has 0 aromatic rings. The Morgan fingerprint density at radius 2 is 2.00 bits per heavy atom. The van der Waals surface area contributed by atoms with Crippen LogP contribution in [0.5, 0.6) is 0 Å². The Morgan fingerprint density at radius 1 is 1.14 bits per heavy atom. The number of piperidine rings is 1. The Bertz CT molecular complexity index is 418. The normalized spacial score (nSPS) is 44.8. The molecule has 3 aliphatic carbocycles. The van der Waals surface area contributed by atoms with Gasteiger partial charge in [0.25, 0.3) is 0 Å². The zero-order chi connectivity index (χ0) is 15.1. The highest BCUT2D eigenvalue weighted by Gasteiger charge is 2.54. The van der Waals surface area contributed by atoms with Gasteiger partial charge in [-0.15, -0.1) is 0 Å². The van der Waals surface area contributed by atoms with Crippen LogP contribution in [-0.2, 0) is 4.79 Å². The van der Waals surface area contributed by atoms with Crippen molar-refractivity contribution in [3.05, 3.63) is 0 Å². The second kappa shape index (κ2) is 6.14. The van der Waals surface area contributed by atoms with E-state index < -0.39 is 0 Å². The Balaban J connectivity index is 1.28. The predicted molar refractivity (Wildman–Crippen MR) is 88.4 cm³/mol. The van der Waals surface area contributed by atoms with Crippen LogP contribution in [0.15, 0.2) is 0 Å². The van der Waals surface area contributed by atoms with E-state index in [4.69, 9.17) is 0 Å². The predicted octanol–water partition coefficient (Wildman–Crippen LogP) is 2.95. The van der Waals surface area contributed by atoms with E-state index in [1.807, 2.05) is 0 Å². The molecule has 1 amide bonds. The van der Waals surface area contributed by atoms with Crippen LogP contribution in [0.3, 0.4) is 0 Å². The summed E-state index contributed by atoms with van der Waals surface area (Å²) >= 11 is 0. The largest absolute Gasteiger partial charge is 0.353 e. The van der Waals surface area contributed by atoms with E-state index in [0.717, 1.165) is 43.2 Å². The molecular weight excluding hydrogens is 272 g/mol. The van der Waals surface area contributed by atoms with Crippen LogP contribution in [0.2, 0.25) is 0 Å². The molecule has 2 bridgehead atoms. The maximum atomic E-state index is 12.5. The fraction of sp³-hybridized carbons (Fsp3) is 0.947. The molecule has 4 aliphatic rings. The second-order valence-electron chi connectivity index (χ2n) is 8.62. The molecule has 4 rings (SSSR count). The molecule has 0 aromatic carbocycles. The topological polar surface area (TPSA) is 41.1 Å². The molecule has 3 saturated carbocycles. The van der Waals surface area contributed by atoms with Gasteiger partial charge < -0.3 is 10.6 Å². The van der Waals surface area contributed by atoms with Gasteiger partial charge in [0, 0.05) is 12.5 Å². The van der Waals surface area contributed by atoms with Crippen molar-refractivity contribution in [1.29, 1.82) is 0 Å². The van der Waals surface area contributed by atoms with E-state index in [1.54, 1.807) is 0 Å². The smallest absolute Gasteiger partial charge is 0.220 e. The van der Waals surface area contributed by atoms with Crippen LogP contribution >= 0.6 is 0 Å². The first-order chi connectivity index (χ1) is 10.7. The summed E-state index contributed by atoms with van der Waals surface area (Å²) in [6.45, 7) is 4.53. The van der Waals surface area contributed by atoms with E-state index in [-0.39, 0.29) is 0 Å². The minimum absolute atomic E-state index is 0.324. The first-order valence-electron chi connectivity index (χ1n) is 9.72. The minimum atomic E-state index is 0.324. The first kappa shape index (κ1) is 15.0. The molecule has 3 nitrogen and oxygen atoms in total. The molecule has 1 aliphatic heterocycles. The molecule has 0 aromatic heterocycles. The summed E-state index contributed by atoms with van der Waals surface area (Å²) in [5.41, 5.74) is 0. The maximum Gasteiger partial charge on any atom is 0.220 e. The Hall–Kier alpha value is -0.570. The zero-order valence-electron chi connectivity index (χ0n) is 14.0. The molecule has 1 saturated heterocycles. The van der Waals surface area contributed by atoms with Crippen molar-refractivity contribution in [2.24, 2.45) is 35.5 Å². The van der Waals surface area contributed by atoms with Gasteiger partial charge in [-0.2, -0.15) is 0 Å². The van der Waals surface area contributed by atoms with Crippen molar-refractivity contribution in [1.82, 2.24) is 10.6 Å². The van der Waals surface area contributed by atoms with E-state index in [0.29, 0.717) is 23.8 Å². The first-order valence-corrected chi connectivity index (χ1v) is 9.72. The molecule has 124 valence electrons.